The number of alkyl halides is 2. The molecule has 0 aliphatic carbocycles. The zero-order chi connectivity index (χ0) is 15.2. The minimum atomic E-state index is -2.38. The first-order valence-corrected chi connectivity index (χ1v) is 7.12. The molecule has 2 aromatic heterocycles. The largest absolute Gasteiger partial charge is 0.307 e. The van der Waals surface area contributed by atoms with Crippen molar-refractivity contribution in [3.63, 3.8) is 0 Å². The lowest BCUT2D eigenvalue weighted by atomic mass is 10.2. The summed E-state index contributed by atoms with van der Waals surface area (Å²) in [6, 6.07) is 1.75. The summed E-state index contributed by atoms with van der Waals surface area (Å²) in [6.45, 7) is 5.90. The van der Waals surface area contributed by atoms with Crippen molar-refractivity contribution >= 4 is 0 Å². The maximum atomic E-state index is 12.2. The highest BCUT2D eigenvalue weighted by Gasteiger charge is 2.07. The molecule has 0 unspecified atom stereocenters. The van der Waals surface area contributed by atoms with Crippen LogP contribution in [0.25, 0.3) is 0 Å². The van der Waals surface area contributed by atoms with Crippen molar-refractivity contribution in [2.75, 3.05) is 0 Å². The van der Waals surface area contributed by atoms with Gasteiger partial charge in [-0.05, 0) is 19.4 Å². The van der Waals surface area contributed by atoms with Gasteiger partial charge in [-0.1, -0.05) is 6.92 Å². The van der Waals surface area contributed by atoms with Gasteiger partial charge in [0.1, 0.15) is 6.54 Å². The molecule has 0 atom stereocenters. The summed E-state index contributed by atoms with van der Waals surface area (Å²) < 4.78 is 27.7. The van der Waals surface area contributed by atoms with Gasteiger partial charge in [-0.2, -0.15) is 10.2 Å². The molecule has 1 N–H and O–H groups in total. The molecular weight excluding hydrogens is 276 g/mol. The van der Waals surface area contributed by atoms with Crippen LogP contribution in [0.3, 0.4) is 0 Å². The first-order chi connectivity index (χ1) is 10.1. The van der Waals surface area contributed by atoms with Gasteiger partial charge in [0, 0.05) is 37.6 Å². The molecule has 2 rings (SSSR count). The maximum Gasteiger partial charge on any atom is 0.257 e. The van der Waals surface area contributed by atoms with Crippen LogP contribution in [0.15, 0.2) is 18.5 Å². The van der Waals surface area contributed by atoms with Crippen LogP contribution in [-0.4, -0.2) is 26.0 Å². The Bertz CT molecular complexity index is 561. The number of nitrogens with one attached hydrogen (secondary N) is 1. The van der Waals surface area contributed by atoms with E-state index >= 15 is 0 Å². The van der Waals surface area contributed by atoms with Gasteiger partial charge in [-0.15, -0.1) is 0 Å². The lowest BCUT2D eigenvalue weighted by molar-refractivity contribution is 0.121. The van der Waals surface area contributed by atoms with E-state index < -0.39 is 6.43 Å². The number of aryl methyl sites for hydroxylation is 2. The Hall–Kier alpha value is -1.76. The van der Waals surface area contributed by atoms with Crippen molar-refractivity contribution in [2.24, 2.45) is 0 Å². The number of nitrogens with zero attached hydrogens (tertiary/aromatic N) is 4. The molecule has 0 aromatic carbocycles. The fourth-order valence-corrected chi connectivity index (χ4v) is 2.14. The zero-order valence-electron chi connectivity index (χ0n) is 12.4. The van der Waals surface area contributed by atoms with Crippen LogP contribution in [0.1, 0.15) is 30.3 Å². The third-order valence-corrected chi connectivity index (χ3v) is 3.14. The average molecular weight is 297 g/mol. The highest BCUT2D eigenvalue weighted by Crippen LogP contribution is 2.06. The van der Waals surface area contributed by atoms with Crippen molar-refractivity contribution in [1.82, 2.24) is 24.9 Å². The van der Waals surface area contributed by atoms with Crippen molar-refractivity contribution in [3.8, 4) is 0 Å². The van der Waals surface area contributed by atoms with Crippen LogP contribution in [0.4, 0.5) is 8.78 Å². The van der Waals surface area contributed by atoms with Crippen LogP contribution >= 0.6 is 0 Å². The molecule has 0 amide bonds. The summed E-state index contributed by atoms with van der Waals surface area (Å²) in [5, 5.41) is 11.8. The van der Waals surface area contributed by atoms with Crippen LogP contribution in [0.5, 0.6) is 0 Å². The molecule has 0 spiro atoms. The molecule has 0 aliphatic rings. The summed E-state index contributed by atoms with van der Waals surface area (Å²) in [5.41, 5.74) is 2.92. The van der Waals surface area contributed by atoms with E-state index in [1.54, 1.807) is 12.3 Å². The normalized spacial score (nSPS) is 11.5. The molecule has 21 heavy (non-hydrogen) atoms. The lowest BCUT2D eigenvalue weighted by Gasteiger charge is -2.02. The second-order valence-electron chi connectivity index (χ2n) is 5.03. The molecule has 116 valence electrons. The maximum absolute atomic E-state index is 12.2. The van der Waals surface area contributed by atoms with E-state index in [2.05, 4.69) is 22.4 Å². The van der Waals surface area contributed by atoms with Gasteiger partial charge in [0.2, 0.25) is 0 Å². The van der Waals surface area contributed by atoms with Gasteiger partial charge in [0.25, 0.3) is 6.43 Å². The van der Waals surface area contributed by atoms with Crippen molar-refractivity contribution in [1.29, 1.82) is 0 Å². The van der Waals surface area contributed by atoms with Crippen LogP contribution in [-0.2, 0) is 26.2 Å². The third-order valence-electron chi connectivity index (χ3n) is 3.14. The summed E-state index contributed by atoms with van der Waals surface area (Å²) in [5.74, 6) is 0. The molecule has 0 bridgehead atoms. The summed E-state index contributed by atoms with van der Waals surface area (Å²) in [7, 11) is 0. The molecule has 0 saturated heterocycles. The number of hydrogen-bond acceptors (Lipinski definition) is 3. The van der Waals surface area contributed by atoms with Crippen molar-refractivity contribution in [3.05, 3.63) is 35.4 Å². The topological polar surface area (TPSA) is 47.7 Å². The quantitative estimate of drug-likeness (QED) is 0.813. The molecule has 0 fully saturated rings. The van der Waals surface area contributed by atoms with E-state index in [0.717, 1.165) is 29.9 Å². The fraction of sp³-hybridized carbons (Fsp3) is 0.571. The first-order valence-electron chi connectivity index (χ1n) is 7.12. The summed E-state index contributed by atoms with van der Waals surface area (Å²) in [6.07, 6.45) is 2.29. The predicted molar refractivity (Wildman–Crippen MR) is 76.0 cm³/mol. The van der Waals surface area contributed by atoms with Crippen LogP contribution < -0.4 is 5.32 Å². The van der Waals surface area contributed by atoms with Crippen LogP contribution in [0.2, 0.25) is 0 Å². The highest BCUT2D eigenvalue weighted by molar-refractivity contribution is 5.15. The number of hydrogen-bond donors (Lipinski definition) is 1. The highest BCUT2D eigenvalue weighted by atomic mass is 19.3. The lowest BCUT2D eigenvalue weighted by Crippen LogP contribution is -2.14. The second-order valence-corrected chi connectivity index (χ2v) is 5.03. The Kier molecular flexibility index (Phi) is 5.44. The standard InChI is InChI=1S/C14H21F2N5/c1-3-5-20-9-12(11(2)18-20)7-17-8-13-4-6-21(19-13)10-14(15)16/h4,6,9,14,17H,3,5,7-8,10H2,1-2H3. The van der Waals surface area contributed by atoms with E-state index in [-0.39, 0.29) is 6.54 Å². The Labute approximate surface area is 123 Å². The minimum Gasteiger partial charge on any atom is -0.307 e. The van der Waals surface area contributed by atoms with Gasteiger partial charge in [-0.25, -0.2) is 8.78 Å². The van der Waals surface area contributed by atoms with E-state index in [9.17, 15) is 8.78 Å². The van der Waals surface area contributed by atoms with Gasteiger partial charge in [-0.3, -0.25) is 9.36 Å². The Morgan fingerprint density at radius 2 is 2.05 bits per heavy atom. The van der Waals surface area contributed by atoms with E-state index in [1.165, 1.54) is 4.68 Å². The monoisotopic (exact) mass is 297 g/mol. The van der Waals surface area contributed by atoms with E-state index in [4.69, 9.17) is 0 Å². The SMILES string of the molecule is CCCn1cc(CNCc2ccn(CC(F)F)n2)c(C)n1. The predicted octanol–water partition coefficient (Wildman–Crippen LogP) is 2.35. The van der Waals surface area contributed by atoms with E-state index in [0.29, 0.717) is 13.1 Å². The molecule has 7 heteroatoms. The first kappa shape index (κ1) is 15.6. The summed E-state index contributed by atoms with van der Waals surface area (Å²) >= 11 is 0. The van der Waals surface area contributed by atoms with Gasteiger partial charge in [0.05, 0.1) is 11.4 Å². The number of halogens is 2. The zero-order valence-corrected chi connectivity index (χ0v) is 12.4. The van der Waals surface area contributed by atoms with E-state index in [1.807, 2.05) is 17.8 Å². The van der Waals surface area contributed by atoms with Gasteiger partial charge < -0.3 is 5.32 Å². The average Bonchev–Trinajstić information content (AvgIpc) is 2.97. The second kappa shape index (κ2) is 7.31. The Balaban J connectivity index is 1.82. The molecule has 2 aromatic rings. The molecule has 5 nitrogen and oxygen atoms in total. The third kappa shape index (κ3) is 4.63. The number of rotatable bonds is 8. The minimum absolute atomic E-state index is 0.358. The van der Waals surface area contributed by atoms with Gasteiger partial charge in [0.15, 0.2) is 0 Å². The molecule has 0 aliphatic heterocycles. The van der Waals surface area contributed by atoms with Crippen LogP contribution in [0, 0.1) is 6.92 Å². The Morgan fingerprint density at radius 3 is 2.76 bits per heavy atom. The summed E-state index contributed by atoms with van der Waals surface area (Å²) in [4.78, 5) is 0. The number of aromatic nitrogens is 4. The smallest absolute Gasteiger partial charge is 0.257 e. The van der Waals surface area contributed by atoms with Gasteiger partial charge >= 0.3 is 0 Å². The Morgan fingerprint density at radius 1 is 1.24 bits per heavy atom. The van der Waals surface area contributed by atoms with Crippen molar-refractivity contribution < 1.29 is 8.78 Å². The molecule has 2 heterocycles. The molecular formula is C14H21F2N5. The molecule has 0 radical (unpaired) electrons. The molecule has 0 saturated carbocycles. The van der Waals surface area contributed by atoms with Crippen molar-refractivity contribution in [2.45, 2.75) is 52.9 Å². The fourth-order valence-electron chi connectivity index (χ4n) is 2.14.